The Kier molecular flexibility index (Phi) is 4.53. The standard InChI is InChI=1S/C14H14ClN3O2/c1-9(13-8-16-5-6-17-13)18-12-4-3-10(15)7-11(12)14(19)20-2/h3-9,18H,1-2H3. The average molecular weight is 292 g/mol. The second-order valence-electron chi connectivity index (χ2n) is 4.18. The lowest BCUT2D eigenvalue weighted by Crippen LogP contribution is -2.13. The zero-order valence-corrected chi connectivity index (χ0v) is 11.9. The summed E-state index contributed by atoms with van der Waals surface area (Å²) in [6, 6.07) is 4.91. The van der Waals surface area contributed by atoms with Gasteiger partial charge in [0, 0.05) is 23.1 Å². The number of methoxy groups -OCH3 is 1. The van der Waals surface area contributed by atoms with Crippen LogP contribution in [-0.4, -0.2) is 23.0 Å². The molecular weight excluding hydrogens is 278 g/mol. The molecule has 5 nitrogen and oxygen atoms in total. The van der Waals surface area contributed by atoms with E-state index in [2.05, 4.69) is 15.3 Å². The molecule has 0 amide bonds. The van der Waals surface area contributed by atoms with Crippen molar-refractivity contribution in [3.63, 3.8) is 0 Å². The molecule has 2 aromatic rings. The molecule has 104 valence electrons. The number of carbonyl (C=O) groups is 1. The Morgan fingerprint density at radius 1 is 1.40 bits per heavy atom. The third-order valence-electron chi connectivity index (χ3n) is 2.79. The normalized spacial score (nSPS) is 11.8. The number of benzene rings is 1. The predicted octanol–water partition coefficient (Wildman–Crippen LogP) is 3.09. The summed E-state index contributed by atoms with van der Waals surface area (Å²) in [6.45, 7) is 1.93. The van der Waals surface area contributed by atoms with Crippen molar-refractivity contribution in [2.45, 2.75) is 13.0 Å². The fourth-order valence-electron chi connectivity index (χ4n) is 1.76. The van der Waals surface area contributed by atoms with Crippen molar-refractivity contribution in [2.75, 3.05) is 12.4 Å². The molecule has 2 rings (SSSR count). The quantitative estimate of drug-likeness (QED) is 0.877. The molecule has 1 N–H and O–H groups in total. The van der Waals surface area contributed by atoms with Crippen LogP contribution in [0.25, 0.3) is 0 Å². The minimum absolute atomic E-state index is 0.103. The minimum atomic E-state index is -0.443. The summed E-state index contributed by atoms with van der Waals surface area (Å²) in [4.78, 5) is 20.0. The molecule has 0 saturated carbocycles. The second kappa shape index (κ2) is 6.34. The van der Waals surface area contributed by atoms with Crippen molar-refractivity contribution in [2.24, 2.45) is 0 Å². The van der Waals surface area contributed by atoms with Gasteiger partial charge in [0.05, 0.1) is 30.6 Å². The smallest absolute Gasteiger partial charge is 0.340 e. The van der Waals surface area contributed by atoms with E-state index >= 15 is 0 Å². The fraction of sp³-hybridized carbons (Fsp3) is 0.214. The molecule has 1 atom stereocenters. The lowest BCUT2D eigenvalue weighted by Gasteiger charge is -2.16. The van der Waals surface area contributed by atoms with Crippen LogP contribution in [0, 0.1) is 0 Å². The van der Waals surface area contributed by atoms with Gasteiger partial charge in [0.1, 0.15) is 0 Å². The first-order chi connectivity index (χ1) is 9.61. The molecule has 20 heavy (non-hydrogen) atoms. The number of anilines is 1. The number of hydrogen-bond acceptors (Lipinski definition) is 5. The van der Waals surface area contributed by atoms with Gasteiger partial charge in [-0.15, -0.1) is 0 Å². The first kappa shape index (κ1) is 14.3. The molecule has 0 aliphatic carbocycles. The van der Waals surface area contributed by atoms with Gasteiger partial charge in [0.2, 0.25) is 0 Å². The number of esters is 1. The number of hydrogen-bond donors (Lipinski definition) is 1. The molecular formula is C14H14ClN3O2. The van der Waals surface area contributed by atoms with Gasteiger partial charge >= 0.3 is 5.97 Å². The summed E-state index contributed by atoms with van der Waals surface area (Å²) < 4.78 is 4.75. The Hall–Kier alpha value is -2.14. The van der Waals surface area contributed by atoms with E-state index in [0.717, 1.165) is 5.69 Å². The SMILES string of the molecule is COC(=O)c1cc(Cl)ccc1NC(C)c1cnccn1. The van der Waals surface area contributed by atoms with Gasteiger partial charge in [0.15, 0.2) is 0 Å². The first-order valence-electron chi connectivity index (χ1n) is 6.02. The van der Waals surface area contributed by atoms with Gasteiger partial charge < -0.3 is 10.1 Å². The van der Waals surface area contributed by atoms with Gasteiger partial charge in [-0.2, -0.15) is 0 Å². The first-order valence-corrected chi connectivity index (χ1v) is 6.40. The zero-order valence-electron chi connectivity index (χ0n) is 11.1. The molecule has 1 aromatic heterocycles. The van der Waals surface area contributed by atoms with E-state index in [0.29, 0.717) is 16.3 Å². The largest absolute Gasteiger partial charge is 0.465 e. The van der Waals surface area contributed by atoms with Gasteiger partial charge in [-0.3, -0.25) is 9.97 Å². The number of ether oxygens (including phenoxy) is 1. The van der Waals surface area contributed by atoms with Crippen LogP contribution in [0.1, 0.15) is 29.0 Å². The highest BCUT2D eigenvalue weighted by Crippen LogP contribution is 2.25. The fourth-order valence-corrected chi connectivity index (χ4v) is 1.93. The third kappa shape index (κ3) is 3.24. The van der Waals surface area contributed by atoms with E-state index in [9.17, 15) is 4.79 Å². The Morgan fingerprint density at radius 2 is 2.20 bits per heavy atom. The summed E-state index contributed by atoms with van der Waals surface area (Å²) in [5, 5.41) is 3.68. The number of rotatable bonds is 4. The van der Waals surface area contributed by atoms with E-state index in [1.165, 1.54) is 7.11 Å². The van der Waals surface area contributed by atoms with Crippen LogP contribution in [0.3, 0.4) is 0 Å². The van der Waals surface area contributed by atoms with Gasteiger partial charge in [0.25, 0.3) is 0 Å². The van der Waals surface area contributed by atoms with Crippen molar-refractivity contribution in [1.82, 2.24) is 9.97 Å². The number of carbonyl (C=O) groups excluding carboxylic acids is 1. The molecule has 0 aliphatic heterocycles. The summed E-state index contributed by atoms with van der Waals surface area (Å²) >= 11 is 5.91. The van der Waals surface area contributed by atoms with E-state index in [-0.39, 0.29) is 6.04 Å². The van der Waals surface area contributed by atoms with Crippen LogP contribution in [0.4, 0.5) is 5.69 Å². The summed E-state index contributed by atoms with van der Waals surface area (Å²) in [5.74, 6) is -0.443. The summed E-state index contributed by atoms with van der Waals surface area (Å²) in [7, 11) is 1.33. The second-order valence-corrected chi connectivity index (χ2v) is 4.61. The molecule has 0 radical (unpaired) electrons. The Labute approximate surface area is 122 Å². The van der Waals surface area contributed by atoms with Crippen LogP contribution >= 0.6 is 11.6 Å². The topological polar surface area (TPSA) is 64.1 Å². The summed E-state index contributed by atoms with van der Waals surface area (Å²) in [5.41, 5.74) is 1.80. The highest BCUT2D eigenvalue weighted by atomic mass is 35.5. The van der Waals surface area contributed by atoms with E-state index in [1.54, 1.807) is 36.8 Å². The Balaban J connectivity index is 2.27. The van der Waals surface area contributed by atoms with Gasteiger partial charge in [-0.25, -0.2) is 4.79 Å². The molecule has 0 spiro atoms. The maximum absolute atomic E-state index is 11.8. The lowest BCUT2D eigenvalue weighted by molar-refractivity contribution is 0.0602. The molecule has 0 saturated heterocycles. The van der Waals surface area contributed by atoms with Crippen molar-refractivity contribution in [3.8, 4) is 0 Å². The maximum atomic E-state index is 11.8. The molecule has 1 heterocycles. The van der Waals surface area contributed by atoms with Crippen molar-refractivity contribution < 1.29 is 9.53 Å². The zero-order chi connectivity index (χ0) is 14.5. The van der Waals surface area contributed by atoms with Crippen molar-refractivity contribution in [3.05, 3.63) is 53.1 Å². The molecule has 6 heteroatoms. The third-order valence-corrected chi connectivity index (χ3v) is 3.02. The molecule has 0 fully saturated rings. The number of nitrogens with zero attached hydrogens (tertiary/aromatic N) is 2. The van der Waals surface area contributed by atoms with Crippen LogP contribution in [0.2, 0.25) is 5.02 Å². The predicted molar refractivity (Wildman–Crippen MR) is 76.9 cm³/mol. The average Bonchev–Trinajstić information content (AvgIpc) is 2.49. The maximum Gasteiger partial charge on any atom is 0.340 e. The Bertz CT molecular complexity index is 605. The molecule has 0 bridgehead atoms. The Morgan fingerprint density at radius 3 is 2.85 bits per heavy atom. The van der Waals surface area contributed by atoms with Crippen LogP contribution < -0.4 is 5.32 Å². The van der Waals surface area contributed by atoms with Crippen LogP contribution in [0.15, 0.2) is 36.8 Å². The number of nitrogens with one attached hydrogen (secondary N) is 1. The van der Waals surface area contributed by atoms with E-state index in [1.807, 2.05) is 6.92 Å². The number of aromatic nitrogens is 2. The highest BCUT2D eigenvalue weighted by molar-refractivity contribution is 6.31. The minimum Gasteiger partial charge on any atom is -0.465 e. The molecule has 1 unspecified atom stereocenters. The summed E-state index contributed by atoms with van der Waals surface area (Å²) in [6.07, 6.45) is 4.90. The van der Waals surface area contributed by atoms with Crippen molar-refractivity contribution >= 4 is 23.3 Å². The van der Waals surface area contributed by atoms with Gasteiger partial charge in [-0.1, -0.05) is 11.6 Å². The van der Waals surface area contributed by atoms with Crippen molar-refractivity contribution in [1.29, 1.82) is 0 Å². The number of halogens is 1. The van der Waals surface area contributed by atoms with Crippen LogP contribution in [-0.2, 0) is 4.74 Å². The highest BCUT2D eigenvalue weighted by Gasteiger charge is 2.15. The van der Waals surface area contributed by atoms with Crippen LogP contribution in [0.5, 0.6) is 0 Å². The van der Waals surface area contributed by atoms with E-state index in [4.69, 9.17) is 16.3 Å². The van der Waals surface area contributed by atoms with Gasteiger partial charge in [-0.05, 0) is 25.1 Å². The lowest BCUT2D eigenvalue weighted by atomic mass is 10.1. The van der Waals surface area contributed by atoms with E-state index < -0.39 is 5.97 Å². The molecule has 0 aliphatic rings. The monoisotopic (exact) mass is 291 g/mol. The molecule has 1 aromatic carbocycles.